The zero-order valence-electron chi connectivity index (χ0n) is 15.1. The number of hydrogen-bond donors (Lipinski definition) is 2. The summed E-state index contributed by atoms with van der Waals surface area (Å²) < 4.78 is 37.6. The summed E-state index contributed by atoms with van der Waals surface area (Å²) in [5.74, 6) is 0.711. The second kappa shape index (κ2) is 8.32. The first-order valence-electron chi connectivity index (χ1n) is 8.13. The smallest absolute Gasteiger partial charge is 0.271 e. The van der Waals surface area contributed by atoms with Crippen LogP contribution in [0.5, 0.6) is 11.5 Å². The highest BCUT2D eigenvalue weighted by molar-refractivity contribution is 7.94. The maximum Gasteiger partial charge on any atom is 0.271 e. The number of nitrogens with one attached hydrogen (secondary N) is 2. The number of sulfonamides is 1. The Bertz CT molecular complexity index is 1060. The molecule has 1 heterocycles. The van der Waals surface area contributed by atoms with E-state index in [9.17, 15) is 13.2 Å². The molecule has 0 fully saturated rings. The molecule has 0 aliphatic heterocycles. The number of carbonyl (C=O) groups is 1. The highest BCUT2D eigenvalue weighted by Crippen LogP contribution is 2.29. The van der Waals surface area contributed by atoms with Crippen LogP contribution in [0.15, 0.2) is 64.2 Å². The van der Waals surface area contributed by atoms with Crippen molar-refractivity contribution in [2.75, 3.05) is 24.3 Å². The molecule has 0 aliphatic rings. The highest BCUT2D eigenvalue weighted by atomic mass is 32.2. The molecule has 9 heteroatoms. The molecule has 0 atom stereocenters. The van der Waals surface area contributed by atoms with E-state index in [1.165, 1.54) is 44.6 Å². The number of anilines is 2. The van der Waals surface area contributed by atoms with E-state index in [0.717, 1.165) is 11.3 Å². The van der Waals surface area contributed by atoms with Gasteiger partial charge in [-0.05, 0) is 47.8 Å². The van der Waals surface area contributed by atoms with E-state index in [4.69, 9.17) is 9.47 Å². The van der Waals surface area contributed by atoms with Crippen molar-refractivity contribution in [3.05, 3.63) is 65.5 Å². The predicted molar refractivity (Wildman–Crippen MR) is 109 cm³/mol. The van der Waals surface area contributed by atoms with Gasteiger partial charge in [-0.3, -0.25) is 9.52 Å². The number of ether oxygens (including phenoxy) is 2. The Morgan fingerprint density at radius 3 is 2.36 bits per heavy atom. The molecular weight excluding hydrogens is 400 g/mol. The standard InChI is InChI=1S/C19H18N2O5S2/c1-25-15-9-10-17(26-2)16(12-15)20-19(22)13-5-7-14(8-6-13)21-28(23,24)18-4-3-11-27-18/h3-12,21H,1-2H3,(H,20,22). The van der Waals surface area contributed by atoms with Crippen LogP contribution in [-0.2, 0) is 10.0 Å². The van der Waals surface area contributed by atoms with Gasteiger partial charge in [-0.15, -0.1) is 11.3 Å². The summed E-state index contributed by atoms with van der Waals surface area (Å²) in [6.45, 7) is 0. The zero-order valence-corrected chi connectivity index (χ0v) is 16.8. The summed E-state index contributed by atoms with van der Waals surface area (Å²) in [4.78, 5) is 12.5. The van der Waals surface area contributed by atoms with Gasteiger partial charge in [0.15, 0.2) is 0 Å². The summed E-state index contributed by atoms with van der Waals surface area (Å²) >= 11 is 1.13. The summed E-state index contributed by atoms with van der Waals surface area (Å²) in [6, 6.07) is 14.4. The molecule has 2 N–H and O–H groups in total. The fraction of sp³-hybridized carbons (Fsp3) is 0.105. The molecule has 0 bridgehead atoms. The zero-order chi connectivity index (χ0) is 20.1. The lowest BCUT2D eigenvalue weighted by atomic mass is 10.2. The molecule has 3 aromatic rings. The van der Waals surface area contributed by atoms with Crippen molar-refractivity contribution in [3.8, 4) is 11.5 Å². The first-order chi connectivity index (χ1) is 13.4. The lowest BCUT2D eigenvalue weighted by Crippen LogP contribution is -2.14. The van der Waals surface area contributed by atoms with E-state index in [1.54, 1.807) is 29.6 Å². The SMILES string of the molecule is COc1ccc(OC)c(NC(=O)c2ccc(NS(=O)(=O)c3cccs3)cc2)c1. The number of thiophene rings is 1. The molecule has 146 valence electrons. The summed E-state index contributed by atoms with van der Waals surface area (Å²) in [6.07, 6.45) is 0. The van der Waals surface area contributed by atoms with Gasteiger partial charge >= 0.3 is 0 Å². The van der Waals surface area contributed by atoms with Crippen molar-refractivity contribution >= 4 is 38.6 Å². The van der Waals surface area contributed by atoms with E-state index >= 15 is 0 Å². The van der Waals surface area contributed by atoms with Gasteiger partial charge in [-0.2, -0.15) is 0 Å². The van der Waals surface area contributed by atoms with Crippen molar-refractivity contribution < 1.29 is 22.7 Å². The molecule has 0 saturated carbocycles. The summed E-state index contributed by atoms with van der Waals surface area (Å²) in [7, 11) is -0.594. The Labute approximate surface area is 167 Å². The van der Waals surface area contributed by atoms with E-state index in [-0.39, 0.29) is 10.1 Å². The molecule has 0 unspecified atom stereocenters. The molecule has 1 aromatic heterocycles. The molecule has 0 aliphatic carbocycles. The Morgan fingerprint density at radius 1 is 1.00 bits per heavy atom. The molecule has 7 nitrogen and oxygen atoms in total. The first-order valence-corrected chi connectivity index (χ1v) is 10.5. The second-order valence-electron chi connectivity index (χ2n) is 5.64. The number of benzene rings is 2. The number of amides is 1. The third-order valence-electron chi connectivity index (χ3n) is 3.81. The molecular formula is C19H18N2O5S2. The van der Waals surface area contributed by atoms with Crippen LogP contribution in [0, 0.1) is 0 Å². The number of methoxy groups -OCH3 is 2. The quantitative estimate of drug-likeness (QED) is 0.608. The monoisotopic (exact) mass is 418 g/mol. The summed E-state index contributed by atoms with van der Waals surface area (Å²) in [5.41, 5.74) is 1.20. The molecule has 0 saturated heterocycles. The van der Waals surface area contributed by atoms with Crippen LogP contribution in [0.4, 0.5) is 11.4 Å². The third kappa shape index (κ3) is 4.44. The van der Waals surface area contributed by atoms with Crippen molar-refractivity contribution in [2.45, 2.75) is 4.21 Å². The average molecular weight is 418 g/mol. The van der Waals surface area contributed by atoms with Gasteiger partial charge in [-0.1, -0.05) is 6.07 Å². The van der Waals surface area contributed by atoms with E-state index in [0.29, 0.717) is 28.4 Å². The Kier molecular flexibility index (Phi) is 5.86. The lowest BCUT2D eigenvalue weighted by Gasteiger charge is -2.12. The number of hydrogen-bond acceptors (Lipinski definition) is 6. The summed E-state index contributed by atoms with van der Waals surface area (Å²) in [5, 5.41) is 4.45. The van der Waals surface area contributed by atoms with Gasteiger partial charge in [0.1, 0.15) is 15.7 Å². The van der Waals surface area contributed by atoms with Crippen molar-refractivity contribution in [3.63, 3.8) is 0 Å². The van der Waals surface area contributed by atoms with Crippen molar-refractivity contribution in [1.29, 1.82) is 0 Å². The Hall–Kier alpha value is -3.04. The minimum atomic E-state index is -3.63. The largest absolute Gasteiger partial charge is 0.497 e. The minimum Gasteiger partial charge on any atom is -0.497 e. The van der Waals surface area contributed by atoms with Gasteiger partial charge < -0.3 is 14.8 Å². The third-order valence-corrected chi connectivity index (χ3v) is 6.59. The molecule has 28 heavy (non-hydrogen) atoms. The first kappa shape index (κ1) is 19.7. The molecule has 3 rings (SSSR count). The normalized spacial score (nSPS) is 10.9. The van der Waals surface area contributed by atoms with Crippen molar-refractivity contribution in [2.24, 2.45) is 0 Å². The Balaban J connectivity index is 1.74. The van der Waals surface area contributed by atoms with Crippen LogP contribution in [0.2, 0.25) is 0 Å². The fourth-order valence-corrected chi connectivity index (χ4v) is 4.47. The topological polar surface area (TPSA) is 93.7 Å². The van der Waals surface area contributed by atoms with Gasteiger partial charge in [-0.25, -0.2) is 8.42 Å². The van der Waals surface area contributed by atoms with E-state index in [1.807, 2.05) is 0 Å². The Morgan fingerprint density at radius 2 is 1.75 bits per heavy atom. The lowest BCUT2D eigenvalue weighted by molar-refractivity contribution is 0.102. The van der Waals surface area contributed by atoms with Crippen LogP contribution < -0.4 is 19.5 Å². The van der Waals surface area contributed by atoms with Crippen LogP contribution in [0.25, 0.3) is 0 Å². The van der Waals surface area contributed by atoms with Gasteiger partial charge in [0.05, 0.1) is 19.9 Å². The molecule has 0 spiro atoms. The number of rotatable bonds is 7. The average Bonchev–Trinajstić information content (AvgIpc) is 3.24. The predicted octanol–water partition coefficient (Wildman–Crippen LogP) is 3.82. The minimum absolute atomic E-state index is 0.222. The van der Waals surface area contributed by atoms with E-state index < -0.39 is 10.0 Å². The van der Waals surface area contributed by atoms with Gasteiger partial charge in [0.25, 0.3) is 15.9 Å². The molecule has 1 amide bonds. The van der Waals surface area contributed by atoms with Crippen LogP contribution >= 0.6 is 11.3 Å². The van der Waals surface area contributed by atoms with Gasteiger partial charge in [0.2, 0.25) is 0 Å². The maximum absolute atomic E-state index is 12.5. The van der Waals surface area contributed by atoms with Gasteiger partial charge in [0, 0.05) is 17.3 Å². The van der Waals surface area contributed by atoms with Crippen molar-refractivity contribution in [1.82, 2.24) is 0 Å². The highest BCUT2D eigenvalue weighted by Gasteiger charge is 2.16. The van der Waals surface area contributed by atoms with Crippen LogP contribution in [0.3, 0.4) is 0 Å². The number of carbonyl (C=O) groups excluding carboxylic acids is 1. The molecule has 2 aromatic carbocycles. The fourth-order valence-electron chi connectivity index (χ4n) is 2.42. The maximum atomic E-state index is 12.5. The second-order valence-corrected chi connectivity index (χ2v) is 8.49. The van der Waals surface area contributed by atoms with Crippen LogP contribution in [0.1, 0.15) is 10.4 Å². The van der Waals surface area contributed by atoms with E-state index in [2.05, 4.69) is 10.0 Å². The van der Waals surface area contributed by atoms with Crippen LogP contribution in [-0.4, -0.2) is 28.5 Å². The molecule has 0 radical (unpaired) electrons.